The van der Waals surface area contributed by atoms with Crippen molar-refractivity contribution < 1.29 is 26.7 Å². The quantitative estimate of drug-likeness (QED) is 0.847. The van der Waals surface area contributed by atoms with E-state index in [0.717, 1.165) is 42.5 Å². The number of nitrogens with one attached hydrogen (secondary N) is 1. The number of alkyl halides is 3. The Kier molecular flexibility index (Phi) is 4.44. The molecule has 0 fully saturated rings. The third kappa shape index (κ3) is 4.03. The zero-order chi connectivity index (χ0) is 16.3. The highest BCUT2D eigenvalue weighted by Crippen LogP contribution is 2.29. The van der Waals surface area contributed by atoms with E-state index in [1.165, 1.54) is 0 Å². The molecule has 0 aliphatic heterocycles. The molecule has 2 rings (SSSR count). The Bertz CT molecular complexity index is 679. The molecule has 116 valence electrons. The molecule has 0 heterocycles. The van der Waals surface area contributed by atoms with Crippen molar-refractivity contribution in [3.05, 3.63) is 65.2 Å². The third-order valence-electron chi connectivity index (χ3n) is 2.85. The van der Waals surface area contributed by atoms with E-state index in [9.17, 15) is 26.7 Å². The molecule has 0 aliphatic rings. The van der Waals surface area contributed by atoms with Crippen molar-refractivity contribution in [2.75, 3.05) is 5.32 Å². The first-order valence-corrected chi connectivity index (χ1v) is 6.17. The lowest BCUT2D eigenvalue weighted by atomic mass is 10.1. The Hall–Kier alpha value is -2.44. The SMILES string of the molecule is O=C(Cc1ccc(C(F)(F)F)cc1)Nc1cc(F)ccc1F. The van der Waals surface area contributed by atoms with E-state index in [0.29, 0.717) is 5.56 Å². The topological polar surface area (TPSA) is 29.1 Å². The number of rotatable bonds is 3. The van der Waals surface area contributed by atoms with Crippen molar-refractivity contribution in [3.63, 3.8) is 0 Å². The molecule has 7 heteroatoms. The van der Waals surface area contributed by atoms with Crippen LogP contribution in [0.25, 0.3) is 0 Å². The molecule has 0 bridgehead atoms. The summed E-state index contributed by atoms with van der Waals surface area (Å²) in [6, 6.07) is 6.61. The second kappa shape index (κ2) is 6.13. The largest absolute Gasteiger partial charge is 0.416 e. The van der Waals surface area contributed by atoms with Crippen LogP contribution < -0.4 is 5.32 Å². The molecule has 1 N–H and O–H groups in total. The number of amides is 1. The average molecular weight is 315 g/mol. The molecule has 0 saturated heterocycles. The Balaban J connectivity index is 2.04. The van der Waals surface area contributed by atoms with Crippen molar-refractivity contribution in [3.8, 4) is 0 Å². The van der Waals surface area contributed by atoms with Crippen LogP contribution in [0.3, 0.4) is 0 Å². The molecular weight excluding hydrogens is 305 g/mol. The standard InChI is InChI=1S/C15H10F5NO/c16-11-5-6-12(17)13(8-11)21-14(22)7-9-1-3-10(4-2-9)15(18,19)20/h1-6,8H,7H2,(H,21,22). The van der Waals surface area contributed by atoms with Crippen LogP contribution in [0.15, 0.2) is 42.5 Å². The maximum atomic E-state index is 13.3. The van der Waals surface area contributed by atoms with Gasteiger partial charge in [-0.15, -0.1) is 0 Å². The summed E-state index contributed by atoms with van der Waals surface area (Å²) in [6.45, 7) is 0. The number of hydrogen-bond acceptors (Lipinski definition) is 1. The van der Waals surface area contributed by atoms with Crippen LogP contribution in [-0.2, 0) is 17.4 Å². The number of anilines is 1. The van der Waals surface area contributed by atoms with Crippen LogP contribution in [-0.4, -0.2) is 5.91 Å². The Morgan fingerprint density at radius 1 is 1.00 bits per heavy atom. The zero-order valence-corrected chi connectivity index (χ0v) is 11.0. The van der Waals surface area contributed by atoms with Crippen LogP contribution in [0.2, 0.25) is 0 Å². The molecule has 0 aliphatic carbocycles. The van der Waals surface area contributed by atoms with E-state index in [4.69, 9.17) is 0 Å². The normalized spacial score (nSPS) is 11.3. The molecule has 22 heavy (non-hydrogen) atoms. The second-order valence-corrected chi connectivity index (χ2v) is 4.54. The minimum atomic E-state index is -4.45. The lowest BCUT2D eigenvalue weighted by molar-refractivity contribution is -0.137. The van der Waals surface area contributed by atoms with Gasteiger partial charge in [0.15, 0.2) is 0 Å². The van der Waals surface area contributed by atoms with Gasteiger partial charge in [0.25, 0.3) is 0 Å². The first kappa shape index (κ1) is 15.9. The van der Waals surface area contributed by atoms with E-state index in [1.807, 2.05) is 0 Å². The highest BCUT2D eigenvalue weighted by molar-refractivity contribution is 5.92. The van der Waals surface area contributed by atoms with Crippen LogP contribution in [0.1, 0.15) is 11.1 Å². The minimum absolute atomic E-state index is 0.256. The Morgan fingerprint density at radius 3 is 2.23 bits per heavy atom. The van der Waals surface area contributed by atoms with Crippen LogP contribution in [0.4, 0.5) is 27.6 Å². The van der Waals surface area contributed by atoms with E-state index in [-0.39, 0.29) is 12.1 Å². The average Bonchev–Trinajstić information content (AvgIpc) is 2.42. The van der Waals surface area contributed by atoms with Gasteiger partial charge in [0.05, 0.1) is 17.7 Å². The number of benzene rings is 2. The predicted molar refractivity (Wildman–Crippen MR) is 70.1 cm³/mol. The number of carbonyl (C=O) groups is 1. The smallest absolute Gasteiger partial charge is 0.323 e. The highest BCUT2D eigenvalue weighted by atomic mass is 19.4. The number of hydrogen-bond donors (Lipinski definition) is 1. The van der Waals surface area contributed by atoms with Gasteiger partial charge in [-0.2, -0.15) is 13.2 Å². The van der Waals surface area contributed by atoms with Crippen molar-refractivity contribution in [2.45, 2.75) is 12.6 Å². The molecule has 2 aromatic carbocycles. The maximum absolute atomic E-state index is 13.3. The van der Waals surface area contributed by atoms with Gasteiger partial charge in [-0.3, -0.25) is 4.79 Å². The molecule has 0 unspecified atom stereocenters. The van der Waals surface area contributed by atoms with Crippen molar-refractivity contribution in [1.82, 2.24) is 0 Å². The Labute approximate surface area is 122 Å². The summed E-state index contributed by atoms with van der Waals surface area (Å²) in [5.74, 6) is -2.18. The van der Waals surface area contributed by atoms with E-state index < -0.39 is 29.3 Å². The fourth-order valence-corrected chi connectivity index (χ4v) is 1.78. The van der Waals surface area contributed by atoms with Gasteiger partial charge in [0.1, 0.15) is 11.6 Å². The van der Waals surface area contributed by atoms with Crippen molar-refractivity contribution in [2.24, 2.45) is 0 Å². The highest BCUT2D eigenvalue weighted by Gasteiger charge is 2.29. The molecule has 1 amide bonds. The lowest BCUT2D eigenvalue weighted by Crippen LogP contribution is -2.15. The Morgan fingerprint density at radius 2 is 1.64 bits per heavy atom. The fourth-order valence-electron chi connectivity index (χ4n) is 1.78. The van der Waals surface area contributed by atoms with Gasteiger partial charge in [0, 0.05) is 6.07 Å². The summed E-state index contributed by atoms with van der Waals surface area (Å²) in [4.78, 5) is 11.7. The van der Waals surface area contributed by atoms with Crippen LogP contribution in [0, 0.1) is 11.6 Å². The third-order valence-corrected chi connectivity index (χ3v) is 2.85. The predicted octanol–water partition coefficient (Wildman–Crippen LogP) is 4.16. The molecule has 0 radical (unpaired) electrons. The summed E-state index contributed by atoms with van der Waals surface area (Å²) in [7, 11) is 0. The van der Waals surface area contributed by atoms with Gasteiger partial charge < -0.3 is 5.32 Å². The number of halogens is 5. The first-order valence-electron chi connectivity index (χ1n) is 6.17. The van der Waals surface area contributed by atoms with Gasteiger partial charge >= 0.3 is 6.18 Å². The van der Waals surface area contributed by atoms with E-state index >= 15 is 0 Å². The molecule has 0 saturated carbocycles. The van der Waals surface area contributed by atoms with Gasteiger partial charge in [-0.25, -0.2) is 8.78 Å². The first-order chi connectivity index (χ1) is 10.3. The second-order valence-electron chi connectivity index (χ2n) is 4.54. The van der Waals surface area contributed by atoms with E-state index in [1.54, 1.807) is 0 Å². The maximum Gasteiger partial charge on any atom is 0.416 e. The fraction of sp³-hybridized carbons (Fsp3) is 0.133. The monoisotopic (exact) mass is 315 g/mol. The van der Waals surface area contributed by atoms with E-state index in [2.05, 4.69) is 5.32 Å². The summed E-state index contributed by atoms with van der Waals surface area (Å²) in [5.41, 5.74) is -0.827. The van der Waals surface area contributed by atoms with Crippen LogP contribution >= 0.6 is 0 Å². The van der Waals surface area contributed by atoms with Crippen molar-refractivity contribution >= 4 is 11.6 Å². The molecular formula is C15H10F5NO. The van der Waals surface area contributed by atoms with Crippen molar-refractivity contribution in [1.29, 1.82) is 0 Å². The zero-order valence-electron chi connectivity index (χ0n) is 11.0. The summed E-state index contributed by atoms with van der Waals surface area (Å²) >= 11 is 0. The number of carbonyl (C=O) groups excluding carboxylic acids is 1. The summed E-state index contributed by atoms with van der Waals surface area (Å²) in [6.07, 6.45) is -4.71. The summed E-state index contributed by atoms with van der Waals surface area (Å²) in [5, 5.41) is 2.17. The van der Waals surface area contributed by atoms with Crippen LogP contribution in [0.5, 0.6) is 0 Å². The molecule has 2 aromatic rings. The molecule has 2 nitrogen and oxygen atoms in total. The minimum Gasteiger partial charge on any atom is -0.323 e. The molecule has 0 aromatic heterocycles. The molecule has 0 spiro atoms. The molecule has 0 atom stereocenters. The lowest BCUT2D eigenvalue weighted by Gasteiger charge is -2.09. The van der Waals surface area contributed by atoms with Gasteiger partial charge in [0.2, 0.25) is 5.91 Å². The summed E-state index contributed by atoms with van der Waals surface area (Å²) < 4.78 is 63.5. The van der Waals surface area contributed by atoms with Gasteiger partial charge in [-0.1, -0.05) is 12.1 Å². The van der Waals surface area contributed by atoms with Gasteiger partial charge in [-0.05, 0) is 29.8 Å².